The van der Waals surface area contributed by atoms with E-state index in [1.54, 1.807) is 24.3 Å². The summed E-state index contributed by atoms with van der Waals surface area (Å²) >= 11 is 5.62. The molecule has 0 atom stereocenters. The van der Waals surface area contributed by atoms with Crippen LogP contribution in [0.1, 0.15) is 0 Å². The van der Waals surface area contributed by atoms with Crippen LogP contribution in [0.3, 0.4) is 0 Å². The molecule has 0 fully saturated rings. The summed E-state index contributed by atoms with van der Waals surface area (Å²) in [4.78, 5) is 0. The van der Waals surface area contributed by atoms with Crippen molar-refractivity contribution in [3.8, 4) is 0 Å². The Morgan fingerprint density at radius 2 is 2.00 bits per heavy atom. The number of anilines is 1. The first-order chi connectivity index (χ1) is 5.72. The molecule has 64 valence electrons. The van der Waals surface area contributed by atoms with Crippen molar-refractivity contribution in [1.82, 2.24) is 0 Å². The Morgan fingerprint density at radius 1 is 1.42 bits per heavy atom. The van der Waals surface area contributed by atoms with Crippen LogP contribution < -0.4 is 11.1 Å². The van der Waals surface area contributed by atoms with Gasteiger partial charge >= 0.3 is 0 Å². The fourth-order valence-corrected chi connectivity index (χ4v) is 0.828. The summed E-state index contributed by atoms with van der Waals surface area (Å²) in [5.41, 5.74) is 5.71. The molecule has 0 heterocycles. The summed E-state index contributed by atoms with van der Waals surface area (Å²) in [5.74, 6) is -0.280. The molecule has 0 aliphatic rings. The Morgan fingerprint density at radius 3 is 2.50 bits per heavy atom. The van der Waals surface area contributed by atoms with E-state index in [1.807, 2.05) is 0 Å². The highest BCUT2D eigenvalue weighted by Gasteiger charge is 1.93. The van der Waals surface area contributed by atoms with Gasteiger partial charge in [-0.3, -0.25) is 0 Å². The number of guanidine groups is 1. The van der Waals surface area contributed by atoms with E-state index in [2.05, 4.69) is 10.5 Å². The van der Waals surface area contributed by atoms with Gasteiger partial charge in [0.2, 0.25) is 5.96 Å². The Balaban J connectivity index is 2.71. The highest BCUT2D eigenvalue weighted by atomic mass is 35.5. The van der Waals surface area contributed by atoms with Gasteiger partial charge in [0.1, 0.15) is 0 Å². The van der Waals surface area contributed by atoms with E-state index in [0.717, 1.165) is 0 Å². The molecule has 1 aromatic carbocycles. The van der Waals surface area contributed by atoms with Crippen LogP contribution in [-0.4, -0.2) is 5.96 Å². The third kappa shape index (κ3) is 2.39. The number of nitrogens with one attached hydrogen (secondary N) is 1. The van der Waals surface area contributed by atoms with Gasteiger partial charge < -0.3 is 11.1 Å². The van der Waals surface area contributed by atoms with Crippen molar-refractivity contribution in [3.05, 3.63) is 29.3 Å². The van der Waals surface area contributed by atoms with Gasteiger partial charge in [0.05, 0.1) is 0 Å². The number of rotatable bonds is 1. The fraction of sp³-hybridized carbons (Fsp3) is 0. The zero-order valence-electron chi connectivity index (χ0n) is 6.09. The highest BCUT2D eigenvalue weighted by molar-refractivity contribution is 6.30. The number of halogens is 2. The number of nitrogens with zero attached hydrogens (tertiary/aromatic N) is 1. The Kier molecular flexibility index (Phi) is 2.88. The molecule has 0 saturated carbocycles. The van der Waals surface area contributed by atoms with Crippen LogP contribution in [0.4, 0.5) is 10.2 Å². The second kappa shape index (κ2) is 3.92. The van der Waals surface area contributed by atoms with Gasteiger partial charge in [-0.15, -0.1) is 0 Å². The third-order valence-corrected chi connectivity index (χ3v) is 1.46. The van der Waals surface area contributed by atoms with Gasteiger partial charge in [0, 0.05) is 10.7 Å². The van der Waals surface area contributed by atoms with E-state index in [0.29, 0.717) is 10.7 Å². The van der Waals surface area contributed by atoms with Gasteiger partial charge in [-0.2, -0.15) is 0 Å². The molecule has 0 unspecified atom stereocenters. The summed E-state index contributed by atoms with van der Waals surface area (Å²) in [6.45, 7) is 0. The van der Waals surface area contributed by atoms with Gasteiger partial charge in [-0.25, -0.2) is 0 Å². The maximum Gasteiger partial charge on any atom is 0.228 e. The average molecular weight is 188 g/mol. The number of hydrogen-bond donors (Lipinski definition) is 2. The minimum Gasteiger partial charge on any atom is -0.367 e. The standard InChI is InChI=1S/C7H7ClFN3/c8-5-1-3-6(4-2-5)11-7(10)12-9/h1-4H,(H3,10,11,12). The highest BCUT2D eigenvalue weighted by Crippen LogP contribution is 2.12. The Hall–Kier alpha value is -1.29. The van der Waals surface area contributed by atoms with E-state index < -0.39 is 0 Å². The normalized spacial score (nSPS) is 11.3. The molecule has 1 aromatic rings. The van der Waals surface area contributed by atoms with Crippen molar-refractivity contribution >= 4 is 23.2 Å². The summed E-state index contributed by atoms with van der Waals surface area (Å²) in [6, 6.07) is 6.66. The second-order valence-corrected chi connectivity index (χ2v) is 2.54. The summed E-state index contributed by atoms with van der Waals surface area (Å²) < 4.78 is 11.5. The molecule has 0 amide bonds. The molecule has 1 rings (SSSR count). The quantitative estimate of drug-likeness (QED) is 0.522. The van der Waals surface area contributed by atoms with Crippen LogP contribution in [0.5, 0.6) is 0 Å². The molecule has 0 aromatic heterocycles. The maximum atomic E-state index is 11.5. The molecule has 12 heavy (non-hydrogen) atoms. The van der Waals surface area contributed by atoms with E-state index in [-0.39, 0.29) is 5.96 Å². The monoisotopic (exact) mass is 187 g/mol. The lowest BCUT2D eigenvalue weighted by molar-refractivity contribution is 0.536. The molecule has 0 aliphatic heterocycles. The molecule has 0 saturated heterocycles. The second-order valence-electron chi connectivity index (χ2n) is 2.10. The largest absolute Gasteiger partial charge is 0.367 e. The van der Waals surface area contributed by atoms with Crippen LogP contribution in [0.25, 0.3) is 0 Å². The lowest BCUT2D eigenvalue weighted by Crippen LogP contribution is -2.21. The van der Waals surface area contributed by atoms with Crippen molar-refractivity contribution in [2.75, 3.05) is 5.32 Å². The van der Waals surface area contributed by atoms with Crippen LogP contribution >= 0.6 is 11.6 Å². The summed E-state index contributed by atoms with van der Waals surface area (Å²) in [7, 11) is 0. The van der Waals surface area contributed by atoms with Crippen molar-refractivity contribution in [3.63, 3.8) is 0 Å². The number of hydrogen-bond acceptors (Lipinski definition) is 1. The first-order valence-corrected chi connectivity index (χ1v) is 3.57. The molecule has 0 bridgehead atoms. The van der Waals surface area contributed by atoms with E-state index in [4.69, 9.17) is 17.3 Å². The number of nitrogens with two attached hydrogens (primary N) is 1. The van der Waals surface area contributed by atoms with Gasteiger partial charge in [0.15, 0.2) is 0 Å². The lowest BCUT2D eigenvalue weighted by atomic mass is 10.3. The maximum absolute atomic E-state index is 11.5. The van der Waals surface area contributed by atoms with Crippen molar-refractivity contribution in [2.45, 2.75) is 0 Å². The zero-order chi connectivity index (χ0) is 8.97. The van der Waals surface area contributed by atoms with E-state index in [9.17, 15) is 4.48 Å². The molecular formula is C7H7ClFN3. The average Bonchev–Trinajstić information content (AvgIpc) is 2.09. The molecule has 0 radical (unpaired) electrons. The Bertz CT molecular complexity index is 283. The third-order valence-electron chi connectivity index (χ3n) is 1.21. The van der Waals surface area contributed by atoms with Crippen LogP contribution in [0, 0.1) is 0 Å². The van der Waals surface area contributed by atoms with Crippen LogP contribution in [-0.2, 0) is 0 Å². The minimum absolute atomic E-state index is 0.280. The Labute approximate surface area is 74.0 Å². The molecule has 5 heteroatoms. The van der Waals surface area contributed by atoms with Crippen LogP contribution in [0.2, 0.25) is 5.02 Å². The van der Waals surface area contributed by atoms with Crippen molar-refractivity contribution in [2.24, 2.45) is 10.9 Å². The minimum atomic E-state index is -0.280. The van der Waals surface area contributed by atoms with Crippen LogP contribution in [0.15, 0.2) is 29.5 Å². The molecule has 0 aliphatic carbocycles. The molecule has 3 N–H and O–H groups in total. The molecular weight excluding hydrogens is 181 g/mol. The van der Waals surface area contributed by atoms with Crippen molar-refractivity contribution < 1.29 is 4.48 Å². The van der Waals surface area contributed by atoms with Gasteiger partial charge in [-0.1, -0.05) is 21.3 Å². The van der Waals surface area contributed by atoms with Gasteiger partial charge in [-0.05, 0) is 24.3 Å². The zero-order valence-corrected chi connectivity index (χ0v) is 6.85. The predicted molar refractivity (Wildman–Crippen MR) is 47.8 cm³/mol. The van der Waals surface area contributed by atoms with Gasteiger partial charge in [0.25, 0.3) is 0 Å². The topological polar surface area (TPSA) is 50.4 Å². The predicted octanol–water partition coefficient (Wildman–Crippen LogP) is 1.95. The van der Waals surface area contributed by atoms with Crippen molar-refractivity contribution in [1.29, 1.82) is 0 Å². The van der Waals surface area contributed by atoms with E-state index in [1.165, 1.54) is 0 Å². The molecule has 3 nitrogen and oxygen atoms in total. The van der Waals surface area contributed by atoms with E-state index >= 15 is 0 Å². The summed E-state index contributed by atoms with van der Waals surface area (Å²) in [5, 5.41) is 5.38. The first-order valence-electron chi connectivity index (χ1n) is 3.19. The fourth-order valence-electron chi connectivity index (χ4n) is 0.702. The molecule has 0 spiro atoms. The SMILES string of the molecule is NC(=NF)Nc1ccc(Cl)cc1. The smallest absolute Gasteiger partial charge is 0.228 e. The summed E-state index contributed by atoms with van der Waals surface area (Å²) in [6.07, 6.45) is 0. The number of benzene rings is 1. The lowest BCUT2D eigenvalue weighted by Gasteiger charge is -2.01. The first kappa shape index (κ1) is 8.80.